The van der Waals surface area contributed by atoms with Crippen molar-refractivity contribution in [2.45, 2.75) is 49.5 Å². The highest BCUT2D eigenvalue weighted by molar-refractivity contribution is 7.89. The van der Waals surface area contributed by atoms with Crippen molar-refractivity contribution in [3.63, 3.8) is 0 Å². The van der Waals surface area contributed by atoms with Crippen LogP contribution in [-0.2, 0) is 14.8 Å². The maximum absolute atomic E-state index is 13.8. The second kappa shape index (κ2) is 9.52. The van der Waals surface area contributed by atoms with E-state index in [9.17, 15) is 26.4 Å². The Morgan fingerprint density at radius 1 is 1.03 bits per heavy atom. The predicted octanol–water partition coefficient (Wildman–Crippen LogP) is 4.70. The molecule has 2 aromatic rings. The number of alkyl halides is 3. The zero-order valence-electron chi connectivity index (χ0n) is 18.0. The van der Waals surface area contributed by atoms with E-state index < -0.39 is 38.8 Å². The number of halogens is 4. The van der Waals surface area contributed by atoms with Gasteiger partial charge in [-0.05, 0) is 63.1 Å². The van der Waals surface area contributed by atoms with Gasteiger partial charge in [0.15, 0.2) is 5.60 Å². The van der Waals surface area contributed by atoms with Gasteiger partial charge in [0.25, 0.3) is 5.91 Å². The Hall–Kier alpha value is -2.30. The fourth-order valence-electron chi connectivity index (χ4n) is 3.77. The van der Waals surface area contributed by atoms with Crippen molar-refractivity contribution in [1.82, 2.24) is 9.21 Å². The lowest BCUT2D eigenvalue weighted by atomic mass is 10.0. The van der Waals surface area contributed by atoms with Crippen LogP contribution in [0.5, 0.6) is 5.75 Å². The third-order valence-electron chi connectivity index (χ3n) is 5.33. The van der Waals surface area contributed by atoms with Gasteiger partial charge in [-0.2, -0.15) is 13.2 Å². The molecule has 0 aliphatic carbocycles. The van der Waals surface area contributed by atoms with E-state index in [1.54, 1.807) is 38.1 Å². The Labute approximate surface area is 195 Å². The molecule has 1 amide bonds. The lowest BCUT2D eigenvalue weighted by Gasteiger charge is -2.40. The van der Waals surface area contributed by atoms with Crippen LogP contribution in [-0.4, -0.2) is 54.6 Å². The first-order valence-corrected chi connectivity index (χ1v) is 12.0. The first-order valence-electron chi connectivity index (χ1n) is 10.2. The number of piperidine rings is 1. The standard InChI is InChI=1S/C22H24ClF3N2O4S/c1-21(2,32-18-10-8-16(23)9-11-18)20(29)27-14-12-17(13-15-27)28(22(24,25)26)33(30,31)19-6-4-3-5-7-19/h3-11,17H,12-15H2,1-2H3. The van der Waals surface area contributed by atoms with Crippen LogP contribution < -0.4 is 4.74 Å². The molecule has 1 heterocycles. The molecular formula is C22H24ClF3N2O4S. The molecule has 0 atom stereocenters. The largest absolute Gasteiger partial charge is 0.478 e. The third-order valence-corrected chi connectivity index (χ3v) is 7.48. The minimum absolute atomic E-state index is 0.0339. The smallest absolute Gasteiger partial charge is 0.473 e. The molecule has 1 aliphatic rings. The number of hydrogen-bond acceptors (Lipinski definition) is 4. The summed E-state index contributed by atoms with van der Waals surface area (Å²) in [5.74, 6) is 0.0187. The number of carbonyl (C=O) groups excluding carboxylic acids is 1. The number of amides is 1. The molecule has 0 radical (unpaired) electrons. The van der Waals surface area contributed by atoms with Gasteiger partial charge in [0, 0.05) is 24.2 Å². The molecule has 1 saturated heterocycles. The van der Waals surface area contributed by atoms with Gasteiger partial charge in [-0.1, -0.05) is 29.8 Å². The van der Waals surface area contributed by atoms with Crippen molar-refractivity contribution in [2.75, 3.05) is 13.1 Å². The maximum atomic E-state index is 13.8. The quantitative estimate of drug-likeness (QED) is 0.535. The van der Waals surface area contributed by atoms with E-state index in [1.165, 1.54) is 23.1 Å². The highest BCUT2D eigenvalue weighted by Gasteiger charge is 2.51. The van der Waals surface area contributed by atoms with Crippen LogP contribution in [0.3, 0.4) is 0 Å². The molecule has 0 N–H and O–H groups in total. The van der Waals surface area contributed by atoms with Gasteiger partial charge in [-0.3, -0.25) is 4.79 Å². The molecule has 0 saturated carbocycles. The topological polar surface area (TPSA) is 66.9 Å². The molecule has 11 heteroatoms. The highest BCUT2D eigenvalue weighted by Crippen LogP contribution is 2.35. The molecule has 33 heavy (non-hydrogen) atoms. The molecule has 0 bridgehead atoms. The van der Waals surface area contributed by atoms with Crippen LogP contribution in [0.15, 0.2) is 59.5 Å². The van der Waals surface area contributed by atoms with Gasteiger partial charge in [-0.15, -0.1) is 4.31 Å². The van der Waals surface area contributed by atoms with Gasteiger partial charge in [0.2, 0.25) is 10.0 Å². The number of rotatable bonds is 6. The van der Waals surface area contributed by atoms with Crippen molar-refractivity contribution in [2.24, 2.45) is 0 Å². The molecule has 0 unspecified atom stereocenters. The van der Waals surface area contributed by atoms with Crippen LogP contribution in [0.2, 0.25) is 5.02 Å². The minimum Gasteiger partial charge on any atom is -0.478 e. The SMILES string of the molecule is CC(C)(Oc1ccc(Cl)cc1)C(=O)N1CCC(N(C(F)(F)F)S(=O)(=O)c2ccccc2)CC1. The third kappa shape index (κ3) is 5.80. The first kappa shape index (κ1) is 25.3. The van der Waals surface area contributed by atoms with Crippen molar-refractivity contribution >= 4 is 27.5 Å². The Bertz CT molecular complexity index is 1070. The molecule has 6 nitrogen and oxygen atoms in total. The zero-order valence-corrected chi connectivity index (χ0v) is 19.6. The van der Waals surface area contributed by atoms with E-state index >= 15 is 0 Å². The Balaban J connectivity index is 1.72. The molecule has 180 valence electrons. The number of benzene rings is 2. The molecule has 0 spiro atoms. The summed E-state index contributed by atoms with van der Waals surface area (Å²) in [4.78, 5) is 14.0. The van der Waals surface area contributed by atoms with E-state index in [-0.39, 0.29) is 30.2 Å². The van der Waals surface area contributed by atoms with Crippen molar-refractivity contribution in [3.8, 4) is 5.75 Å². The molecule has 3 rings (SSSR count). The number of sulfonamides is 1. The number of hydrogen-bond donors (Lipinski definition) is 0. The predicted molar refractivity (Wildman–Crippen MR) is 117 cm³/mol. The molecular weight excluding hydrogens is 481 g/mol. The van der Waals surface area contributed by atoms with Gasteiger partial charge >= 0.3 is 6.30 Å². The van der Waals surface area contributed by atoms with E-state index in [2.05, 4.69) is 0 Å². The van der Waals surface area contributed by atoms with Crippen molar-refractivity contribution < 1.29 is 31.1 Å². The average Bonchev–Trinajstić information content (AvgIpc) is 2.75. The number of ether oxygens (including phenoxy) is 1. The van der Waals surface area contributed by atoms with E-state index in [0.29, 0.717) is 10.8 Å². The second-order valence-corrected chi connectivity index (χ2v) is 10.4. The van der Waals surface area contributed by atoms with Gasteiger partial charge in [0.05, 0.1) is 4.90 Å². The minimum atomic E-state index is -5.09. The summed E-state index contributed by atoms with van der Waals surface area (Å²) < 4.78 is 72.5. The van der Waals surface area contributed by atoms with Gasteiger partial charge < -0.3 is 9.64 Å². The van der Waals surface area contributed by atoms with E-state index in [0.717, 1.165) is 12.1 Å². The van der Waals surface area contributed by atoms with Crippen LogP contribution in [0.25, 0.3) is 0 Å². The van der Waals surface area contributed by atoms with Crippen LogP contribution >= 0.6 is 11.6 Å². The monoisotopic (exact) mass is 504 g/mol. The van der Waals surface area contributed by atoms with E-state index in [1.807, 2.05) is 0 Å². The summed E-state index contributed by atoms with van der Waals surface area (Å²) in [6, 6.07) is 11.6. The highest BCUT2D eigenvalue weighted by atomic mass is 35.5. The fourth-order valence-corrected chi connectivity index (χ4v) is 5.50. The number of likely N-dealkylation sites (tertiary alicyclic amines) is 1. The summed E-state index contributed by atoms with van der Waals surface area (Å²) in [5, 5.41) is 0.508. The second-order valence-electron chi connectivity index (χ2n) is 8.17. The van der Waals surface area contributed by atoms with Crippen LogP contribution in [0.1, 0.15) is 26.7 Å². The van der Waals surface area contributed by atoms with Crippen LogP contribution in [0, 0.1) is 0 Å². The Kier molecular flexibility index (Phi) is 7.30. The summed E-state index contributed by atoms with van der Waals surface area (Å²) >= 11 is 5.85. The van der Waals surface area contributed by atoms with E-state index in [4.69, 9.17) is 16.3 Å². The lowest BCUT2D eigenvalue weighted by Crippen LogP contribution is -2.56. The summed E-state index contributed by atoms with van der Waals surface area (Å²) in [7, 11) is -4.80. The van der Waals surface area contributed by atoms with Crippen molar-refractivity contribution in [1.29, 1.82) is 0 Å². The average molecular weight is 505 g/mol. The summed E-state index contributed by atoms with van der Waals surface area (Å²) in [6.45, 7) is 3.07. The van der Waals surface area contributed by atoms with Gasteiger partial charge in [-0.25, -0.2) is 8.42 Å². The number of carbonyl (C=O) groups is 1. The fraction of sp³-hybridized carbons (Fsp3) is 0.409. The molecule has 1 aliphatic heterocycles. The maximum Gasteiger partial charge on any atom is 0.473 e. The first-order chi connectivity index (χ1) is 15.3. The molecule has 0 aromatic heterocycles. The van der Waals surface area contributed by atoms with Crippen molar-refractivity contribution in [3.05, 3.63) is 59.6 Å². The molecule has 1 fully saturated rings. The van der Waals surface area contributed by atoms with Crippen LogP contribution in [0.4, 0.5) is 13.2 Å². The lowest BCUT2D eigenvalue weighted by molar-refractivity contribution is -0.224. The Morgan fingerprint density at radius 3 is 2.09 bits per heavy atom. The summed E-state index contributed by atoms with van der Waals surface area (Å²) in [6.07, 6.45) is -5.41. The molecule has 2 aromatic carbocycles. The van der Waals surface area contributed by atoms with Gasteiger partial charge in [0.1, 0.15) is 5.75 Å². The normalized spacial score (nSPS) is 16.2. The summed E-state index contributed by atoms with van der Waals surface area (Å²) in [5.41, 5.74) is -1.28. The number of nitrogens with zero attached hydrogens (tertiary/aromatic N) is 2. The zero-order chi connectivity index (χ0) is 24.4. The Morgan fingerprint density at radius 2 is 1.58 bits per heavy atom.